The third-order valence-electron chi connectivity index (χ3n) is 1.16. The minimum Gasteiger partial charge on any atom is -0.353 e. The lowest BCUT2D eigenvalue weighted by atomic mass is 10.1. The molecule has 48 valence electrons. The van der Waals surface area contributed by atoms with Gasteiger partial charge in [0, 0.05) is 23.9 Å². The van der Waals surface area contributed by atoms with Crippen LogP contribution in [0.25, 0.3) is 10.4 Å². The molecule has 5 nitrogen and oxygen atoms in total. The average molecular weight is 126 g/mol. The molecule has 1 fully saturated rings. The minimum absolute atomic E-state index is 0.0353. The van der Waals surface area contributed by atoms with E-state index >= 15 is 0 Å². The molecule has 9 heavy (non-hydrogen) atoms. The third-order valence-corrected chi connectivity index (χ3v) is 1.16. The fraction of sp³-hybridized carbons (Fsp3) is 0.750. The van der Waals surface area contributed by atoms with Crippen LogP contribution in [0.1, 0.15) is 6.42 Å². The van der Waals surface area contributed by atoms with Gasteiger partial charge in [0.1, 0.15) is 0 Å². The van der Waals surface area contributed by atoms with Crippen molar-refractivity contribution >= 4 is 5.91 Å². The maximum atomic E-state index is 10.2. The van der Waals surface area contributed by atoms with Crippen LogP contribution < -0.4 is 5.32 Å². The predicted molar refractivity (Wildman–Crippen MR) is 30.6 cm³/mol. The lowest BCUT2D eigenvalue weighted by Gasteiger charge is -2.24. The molecule has 0 aromatic carbocycles. The zero-order chi connectivity index (χ0) is 6.69. The summed E-state index contributed by atoms with van der Waals surface area (Å²) >= 11 is 0. The number of β-lactam (4-membered cyclic amide) rings is 1. The first-order valence-corrected chi connectivity index (χ1v) is 2.63. The molecule has 1 amide bonds. The lowest BCUT2D eigenvalue weighted by Crippen LogP contribution is -2.50. The van der Waals surface area contributed by atoms with E-state index in [9.17, 15) is 4.79 Å². The highest BCUT2D eigenvalue weighted by molar-refractivity contribution is 5.82. The number of carbonyl (C=O) groups is 1. The molecule has 0 aromatic heterocycles. The zero-order valence-corrected chi connectivity index (χ0v) is 4.74. The quantitative estimate of drug-likeness (QED) is 0.243. The highest BCUT2D eigenvalue weighted by atomic mass is 16.2. The van der Waals surface area contributed by atoms with Gasteiger partial charge in [0.2, 0.25) is 5.91 Å². The molecule has 1 atom stereocenters. The summed E-state index contributed by atoms with van der Waals surface area (Å²) in [6.07, 6.45) is 0.499. The Morgan fingerprint density at radius 3 is 3.11 bits per heavy atom. The molecule has 0 aromatic rings. The van der Waals surface area contributed by atoms with E-state index in [4.69, 9.17) is 5.53 Å². The standard InChI is InChI=1S/C4H6N4O/c5-8-6-2-3-1-4(9)7-3/h3H,1-2H2,(H,7,9)/t3-/m0/s1. The van der Waals surface area contributed by atoms with Gasteiger partial charge in [-0.3, -0.25) is 4.79 Å². The van der Waals surface area contributed by atoms with Gasteiger partial charge in [0.15, 0.2) is 0 Å². The van der Waals surface area contributed by atoms with Crippen molar-refractivity contribution in [3.05, 3.63) is 10.4 Å². The molecule has 0 spiro atoms. The molecule has 1 rings (SSSR count). The van der Waals surface area contributed by atoms with Crippen molar-refractivity contribution in [3.8, 4) is 0 Å². The molecule has 0 radical (unpaired) electrons. The largest absolute Gasteiger partial charge is 0.353 e. The molecule has 0 unspecified atom stereocenters. The first kappa shape index (κ1) is 5.91. The van der Waals surface area contributed by atoms with Crippen molar-refractivity contribution in [2.75, 3.05) is 6.54 Å². The molecule has 0 saturated carbocycles. The minimum atomic E-state index is 0.0353. The second-order valence-corrected chi connectivity index (χ2v) is 1.88. The Labute approximate surface area is 51.7 Å². The van der Waals surface area contributed by atoms with Gasteiger partial charge in [-0.15, -0.1) is 0 Å². The molecule has 1 heterocycles. The van der Waals surface area contributed by atoms with Crippen molar-refractivity contribution in [1.82, 2.24) is 5.32 Å². The summed E-state index contributed by atoms with van der Waals surface area (Å²) in [5.41, 5.74) is 7.85. The summed E-state index contributed by atoms with van der Waals surface area (Å²) in [5.74, 6) is 0.0353. The van der Waals surface area contributed by atoms with Gasteiger partial charge in [0.05, 0.1) is 0 Å². The molecule has 0 bridgehead atoms. The predicted octanol–water partition coefficient (Wildman–Crippen LogP) is 0.185. The second-order valence-electron chi connectivity index (χ2n) is 1.88. The number of hydrogen-bond donors (Lipinski definition) is 1. The van der Waals surface area contributed by atoms with E-state index in [0.717, 1.165) is 0 Å². The average Bonchev–Trinajstić information content (AvgIpc) is 1.78. The molecule has 1 aliphatic heterocycles. The molecule has 1 aliphatic rings. The van der Waals surface area contributed by atoms with Crippen LogP contribution in [-0.2, 0) is 4.79 Å². The van der Waals surface area contributed by atoms with Gasteiger partial charge in [-0.25, -0.2) is 0 Å². The van der Waals surface area contributed by atoms with Gasteiger partial charge in [0.25, 0.3) is 0 Å². The summed E-state index contributed by atoms with van der Waals surface area (Å²) in [6, 6.07) is 0.0911. The number of carbonyl (C=O) groups excluding carboxylic acids is 1. The Bertz CT molecular complexity index is 163. The molecule has 1 N–H and O–H groups in total. The number of nitrogens with one attached hydrogen (secondary N) is 1. The Balaban J connectivity index is 2.17. The molecule has 5 heteroatoms. The number of nitrogens with zero attached hydrogens (tertiary/aromatic N) is 3. The summed E-state index contributed by atoms with van der Waals surface area (Å²) in [6.45, 7) is 0.377. The van der Waals surface area contributed by atoms with Crippen LogP contribution in [0, 0.1) is 0 Å². The normalized spacial score (nSPS) is 23.6. The van der Waals surface area contributed by atoms with E-state index < -0.39 is 0 Å². The van der Waals surface area contributed by atoms with E-state index in [-0.39, 0.29) is 11.9 Å². The van der Waals surface area contributed by atoms with E-state index in [1.165, 1.54) is 0 Å². The maximum Gasteiger partial charge on any atom is 0.222 e. The highest BCUT2D eigenvalue weighted by Gasteiger charge is 2.23. The van der Waals surface area contributed by atoms with E-state index in [1.54, 1.807) is 0 Å². The van der Waals surface area contributed by atoms with Crippen LogP contribution >= 0.6 is 0 Å². The topological polar surface area (TPSA) is 77.9 Å². The van der Waals surface area contributed by atoms with Gasteiger partial charge in [-0.05, 0) is 5.53 Å². The first-order chi connectivity index (χ1) is 4.33. The van der Waals surface area contributed by atoms with Crippen molar-refractivity contribution in [2.45, 2.75) is 12.5 Å². The number of hydrogen-bond acceptors (Lipinski definition) is 2. The second kappa shape index (κ2) is 2.37. The zero-order valence-electron chi connectivity index (χ0n) is 4.74. The molecular weight excluding hydrogens is 120 g/mol. The van der Waals surface area contributed by atoms with E-state index in [2.05, 4.69) is 15.3 Å². The van der Waals surface area contributed by atoms with Crippen molar-refractivity contribution in [1.29, 1.82) is 0 Å². The molecular formula is C4H6N4O. The summed E-state index contributed by atoms with van der Waals surface area (Å²) in [7, 11) is 0. The SMILES string of the molecule is [N-]=[N+]=NC[C@@H]1CC(=O)N1. The lowest BCUT2D eigenvalue weighted by molar-refractivity contribution is -0.127. The fourth-order valence-electron chi connectivity index (χ4n) is 0.676. The van der Waals surface area contributed by atoms with Crippen LogP contribution in [0.3, 0.4) is 0 Å². The highest BCUT2D eigenvalue weighted by Crippen LogP contribution is 2.03. The fourth-order valence-corrected chi connectivity index (χ4v) is 0.676. The van der Waals surface area contributed by atoms with Gasteiger partial charge >= 0.3 is 0 Å². The molecule has 1 saturated heterocycles. The monoisotopic (exact) mass is 126 g/mol. The van der Waals surface area contributed by atoms with Crippen molar-refractivity contribution < 1.29 is 4.79 Å². The number of amides is 1. The summed E-state index contributed by atoms with van der Waals surface area (Å²) < 4.78 is 0. The first-order valence-electron chi connectivity index (χ1n) is 2.63. The van der Waals surface area contributed by atoms with E-state index in [1.807, 2.05) is 0 Å². The van der Waals surface area contributed by atoms with Crippen LogP contribution in [0.15, 0.2) is 5.11 Å². The maximum absolute atomic E-state index is 10.2. The van der Waals surface area contributed by atoms with Gasteiger partial charge in [-0.2, -0.15) is 0 Å². The van der Waals surface area contributed by atoms with Crippen molar-refractivity contribution in [3.63, 3.8) is 0 Å². The number of azide groups is 1. The van der Waals surface area contributed by atoms with Gasteiger partial charge < -0.3 is 5.32 Å². The number of rotatable bonds is 2. The Kier molecular flexibility index (Phi) is 1.55. The van der Waals surface area contributed by atoms with E-state index in [0.29, 0.717) is 13.0 Å². The third kappa shape index (κ3) is 1.33. The Morgan fingerprint density at radius 2 is 2.67 bits per heavy atom. The van der Waals surface area contributed by atoms with Crippen LogP contribution in [0.5, 0.6) is 0 Å². The summed E-state index contributed by atoms with van der Waals surface area (Å²) in [4.78, 5) is 12.8. The van der Waals surface area contributed by atoms with Gasteiger partial charge in [-0.1, -0.05) is 5.11 Å². The van der Waals surface area contributed by atoms with Crippen molar-refractivity contribution in [2.24, 2.45) is 5.11 Å². The molecule has 0 aliphatic carbocycles. The van der Waals surface area contributed by atoms with Crippen LogP contribution in [0.2, 0.25) is 0 Å². The Morgan fingerprint density at radius 1 is 2.00 bits per heavy atom. The van der Waals surface area contributed by atoms with Crippen LogP contribution in [0.4, 0.5) is 0 Å². The smallest absolute Gasteiger partial charge is 0.222 e. The summed E-state index contributed by atoms with van der Waals surface area (Å²) in [5, 5.41) is 5.87. The van der Waals surface area contributed by atoms with Crippen LogP contribution in [-0.4, -0.2) is 18.5 Å². The Hall–Kier alpha value is -1.22.